The van der Waals surface area contributed by atoms with Crippen molar-refractivity contribution in [1.29, 1.82) is 0 Å². The van der Waals surface area contributed by atoms with Crippen molar-refractivity contribution in [2.45, 2.75) is 25.5 Å². The molecule has 0 saturated carbocycles. The molecule has 0 spiro atoms. The zero-order chi connectivity index (χ0) is 12.1. The molecule has 0 bridgehead atoms. The Labute approximate surface area is 95.4 Å². The molecule has 0 aromatic heterocycles. The van der Waals surface area contributed by atoms with Gasteiger partial charge in [-0.1, -0.05) is 12.1 Å². The molecular weight excluding hydrogens is 209 g/mol. The van der Waals surface area contributed by atoms with E-state index in [4.69, 9.17) is 15.2 Å². The van der Waals surface area contributed by atoms with E-state index in [9.17, 15) is 4.39 Å². The monoisotopic (exact) mass is 227 g/mol. The minimum atomic E-state index is -0.344. The highest BCUT2D eigenvalue weighted by Crippen LogP contribution is 2.21. The molecule has 0 amide bonds. The quantitative estimate of drug-likeness (QED) is 0.833. The normalized spacial score (nSPS) is 14.6. The van der Waals surface area contributed by atoms with Crippen LogP contribution in [-0.4, -0.2) is 26.4 Å². The van der Waals surface area contributed by atoms with E-state index in [0.29, 0.717) is 12.0 Å². The van der Waals surface area contributed by atoms with Crippen molar-refractivity contribution in [2.75, 3.05) is 14.2 Å². The van der Waals surface area contributed by atoms with Crippen LogP contribution in [0.3, 0.4) is 0 Å². The second-order valence-corrected chi connectivity index (χ2v) is 3.74. The topological polar surface area (TPSA) is 44.5 Å². The number of hydrogen-bond donors (Lipinski definition) is 1. The van der Waals surface area contributed by atoms with Gasteiger partial charge in [0, 0.05) is 13.2 Å². The van der Waals surface area contributed by atoms with Crippen LogP contribution in [0.4, 0.5) is 4.39 Å². The molecule has 0 saturated heterocycles. The zero-order valence-corrected chi connectivity index (χ0v) is 9.87. The van der Waals surface area contributed by atoms with Crippen molar-refractivity contribution < 1.29 is 13.9 Å². The molecule has 0 aliphatic carbocycles. The van der Waals surface area contributed by atoms with Gasteiger partial charge in [-0.05, 0) is 25.0 Å². The minimum Gasteiger partial charge on any atom is -0.494 e. The van der Waals surface area contributed by atoms with Crippen molar-refractivity contribution in [3.05, 3.63) is 29.6 Å². The summed E-state index contributed by atoms with van der Waals surface area (Å²) in [5.41, 5.74) is 6.44. The zero-order valence-electron chi connectivity index (χ0n) is 9.87. The second-order valence-electron chi connectivity index (χ2n) is 3.74. The number of methoxy groups -OCH3 is 2. The summed E-state index contributed by atoms with van der Waals surface area (Å²) in [5, 5.41) is 0. The Morgan fingerprint density at radius 2 is 2.06 bits per heavy atom. The van der Waals surface area contributed by atoms with Crippen molar-refractivity contribution >= 4 is 0 Å². The lowest BCUT2D eigenvalue weighted by Gasteiger charge is -2.19. The fraction of sp³-hybridized carbons (Fsp3) is 0.500. The van der Waals surface area contributed by atoms with Crippen LogP contribution in [-0.2, 0) is 11.2 Å². The average molecular weight is 227 g/mol. The second kappa shape index (κ2) is 5.82. The third kappa shape index (κ3) is 2.93. The Hall–Kier alpha value is -1.13. The van der Waals surface area contributed by atoms with Gasteiger partial charge in [-0.2, -0.15) is 0 Å². The molecule has 0 radical (unpaired) electrons. The molecule has 0 aliphatic rings. The summed E-state index contributed by atoms with van der Waals surface area (Å²) in [6.45, 7) is 1.86. The smallest absolute Gasteiger partial charge is 0.168 e. The largest absolute Gasteiger partial charge is 0.494 e. The van der Waals surface area contributed by atoms with Crippen LogP contribution in [0.15, 0.2) is 18.2 Å². The van der Waals surface area contributed by atoms with Gasteiger partial charge in [0.05, 0.1) is 13.2 Å². The number of halogens is 1. The summed E-state index contributed by atoms with van der Waals surface area (Å²) < 4.78 is 23.8. The highest BCUT2D eigenvalue weighted by Gasteiger charge is 2.16. The number of hydrogen-bond acceptors (Lipinski definition) is 3. The van der Waals surface area contributed by atoms with Crippen LogP contribution < -0.4 is 10.5 Å². The maximum atomic E-state index is 13.8. The van der Waals surface area contributed by atoms with Gasteiger partial charge in [0.25, 0.3) is 0 Å². The van der Waals surface area contributed by atoms with Crippen LogP contribution >= 0.6 is 0 Å². The van der Waals surface area contributed by atoms with E-state index in [1.165, 1.54) is 7.11 Å². The van der Waals surface area contributed by atoms with E-state index in [2.05, 4.69) is 0 Å². The van der Waals surface area contributed by atoms with Crippen LogP contribution in [0, 0.1) is 5.82 Å². The standard InChI is InChI=1S/C12H18FNO2/c1-8(15-2)10(14)7-9-5-4-6-11(16-3)12(9)13/h4-6,8,10H,7,14H2,1-3H3. The summed E-state index contributed by atoms with van der Waals surface area (Å²) in [4.78, 5) is 0. The van der Waals surface area contributed by atoms with Crippen LogP contribution in [0.2, 0.25) is 0 Å². The van der Waals surface area contributed by atoms with Crippen molar-refractivity contribution in [2.24, 2.45) is 5.73 Å². The van der Waals surface area contributed by atoms with E-state index in [1.54, 1.807) is 25.3 Å². The Kier molecular flexibility index (Phi) is 4.71. The first-order valence-electron chi connectivity index (χ1n) is 5.20. The Balaban J connectivity index is 2.81. The van der Waals surface area contributed by atoms with E-state index < -0.39 is 0 Å². The highest BCUT2D eigenvalue weighted by molar-refractivity contribution is 5.31. The molecular formula is C12H18FNO2. The Bertz CT molecular complexity index is 344. The molecule has 1 rings (SSSR count). The minimum absolute atomic E-state index is 0.106. The first-order valence-corrected chi connectivity index (χ1v) is 5.20. The maximum Gasteiger partial charge on any atom is 0.168 e. The van der Waals surface area contributed by atoms with E-state index >= 15 is 0 Å². The fourth-order valence-corrected chi connectivity index (χ4v) is 1.47. The summed E-state index contributed by atoms with van der Waals surface area (Å²) in [7, 11) is 3.03. The van der Waals surface area contributed by atoms with E-state index in [-0.39, 0.29) is 23.7 Å². The predicted molar refractivity (Wildman–Crippen MR) is 61.1 cm³/mol. The maximum absolute atomic E-state index is 13.8. The average Bonchev–Trinajstić information content (AvgIpc) is 2.30. The molecule has 0 heterocycles. The number of benzene rings is 1. The summed E-state index contributed by atoms with van der Waals surface area (Å²) in [5.74, 6) is -0.0986. The van der Waals surface area contributed by atoms with E-state index in [0.717, 1.165) is 0 Å². The lowest BCUT2D eigenvalue weighted by Crippen LogP contribution is -2.36. The van der Waals surface area contributed by atoms with Gasteiger partial charge in [0.1, 0.15) is 0 Å². The lowest BCUT2D eigenvalue weighted by molar-refractivity contribution is 0.0953. The van der Waals surface area contributed by atoms with Gasteiger partial charge in [-0.3, -0.25) is 0 Å². The molecule has 2 N–H and O–H groups in total. The highest BCUT2D eigenvalue weighted by atomic mass is 19.1. The first kappa shape index (κ1) is 12.9. The van der Waals surface area contributed by atoms with Crippen LogP contribution in [0.5, 0.6) is 5.75 Å². The van der Waals surface area contributed by atoms with Gasteiger partial charge in [-0.15, -0.1) is 0 Å². The molecule has 90 valence electrons. The molecule has 0 fully saturated rings. The Morgan fingerprint density at radius 1 is 1.38 bits per heavy atom. The summed E-state index contributed by atoms with van der Waals surface area (Å²) in [6.07, 6.45) is 0.323. The SMILES string of the molecule is COc1cccc(CC(N)C(C)OC)c1F. The molecule has 4 heteroatoms. The van der Waals surface area contributed by atoms with Crippen LogP contribution in [0.25, 0.3) is 0 Å². The molecule has 1 aromatic rings. The molecule has 2 atom stereocenters. The summed E-state index contributed by atoms with van der Waals surface area (Å²) in [6, 6.07) is 4.82. The third-order valence-electron chi connectivity index (χ3n) is 2.69. The van der Waals surface area contributed by atoms with Crippen molar-refractivity contribution in [3.63, 3.8) is 0 Å². The van der Waals surface area contributed by atoms with E-state index in [1.807, 2.05) is 6.92 Å². The number of ether oxygens (including phenoxy) is 2. The van der Waals surface area contributed by atoms with Crippen LogP contribution in [0.1, 0.15) is 12.5 Å². The number of rotatable bonds is 5. The van der Waals surface area contributed by atoms with Gasteiger partial charge in [0.2, 0.25) is 0 Å². The van der Waals surface area contributed by atoms with Gasteiger partial charge >= 0.3 is 0 Å². The molecule has 2 unspecified atom stereocenters. The van der Waals surface area contributed by atoms with Gasteiger partial charge in [0.15, 0.2) is 11.6 Å². The van der Waals surface area contributed by atoms with Gasteiger partial charge < -0.3 is 15.2 Å². The molecule has 1 aromatic carbocycles. The summed E-state index contributed by atoms with van der Waals surface area (Å²) >= 11 is 0. The number of nitrogens with two attached hydrogens (primary N) is 1. The first-order chi connectivity index (χ1) is 7.60. The van der Waals surface area contributed by atoms with Crippen molar-refractivity contribution in [1.82, 2.24) is 0 Å². The lowest BCUT2D eigenvalue weighted by atomic mass is 10.0. The third-order valence-corrected chi connectivity index (χ3v) is 2.69. The molecule has 3 nitrogen and oxygen atoms in total. The molecule has 16 heavy (non-hydrogen) atoms. The Morgan fingerprint density at radius 3 is 2.62 bits per heavy atom. The van der Waals surface area contributed by atoms with Gasteiger partial charge in [-0.25, -0.2) is 4.39 Å². The molecule has 0 aliphatic heterocycles. The predicted octanol–water partition coefficient (Wildman–Crippen LogP) is 1.74. The fourth-order valence-electron chi connectivity index (χ4n) is 1.47. The van der Waals surface area contributed by atoms with Crippen molar-refractivity contribution in [3.8, 4) is 5.75 Å².